The van der Waals surface area contributed by atoms with Crippen molar-refractivity contribution in [3.63, 3.8) is 0 Å². The van der Waals surface area contributed by atoms with E-state index in [2.05, 4.69) is 0 Å². The summed E-state index contributed by atoms with van der Waals surface area (Å²) in [7, 11) is 0. The van der Waals surface area contributed by atoms with Gasteiger partial charge in [0.15, 0.2) is 0 Å². The lowest BCUT2D eigenvalue weighted by Crippen LogP contribution is -2.24. The second kappa shape index (κ2) is 4.47. The number of nitrogen functional groups attached to an aromatic ring is 1. The molecule has 1 aromatic rings. The highest BCUT2D eigenvalue weighted by Gasteiger charge is 2.30. The monoisotopic (exact) mass is 245 g/mol. The molecule has 5 heteroatoms. The van der Waals surface area contributed by atoms with Crippen LogP contribution in [0.4, 0.5) is 18.9 Å². The second-order valence-electron chi connectivity index (χ2n) is 4.30. The van der Waals surface area contributed by atoms with Crippen LogP contribution in [-0.4, -0.2) is 12.3 Å². The van der Waals surface area contributed by atoms with Crippen LogP contribution in [0.15, 0.2) is 18.2 Å². The van der Waals surface area contributed by atoms with Crippen LogP contribution in [0.2, 0.25) is 0 Å². The van der Waals surface area contributed by atoms with E-state index in [4.69, 9.17) is 10.5 Å². The smallest absolute Gasteiger partial charge is 0.389 e. The molecule has 2 nitrogen and oxygen atoms in total. The third-order valence-electron chi connectivity index (χ3n) is 2.86. The highest BCUT2D eigenvalue weighted by molar-refractivity contribution is 5.48. The van der Waals surface area contributed by atoms with Crippen LogP contribution in [0.1, 0.15) is 24.8 Å². The summed E-state index contributed by atoms with van der Waals surface area (Å²) in [5.41, 5.74) is 7.26. The predicted octanol–water partition coefficient (Wildman–Crippen LogP) is 3.30. The maximum Gasteiger partial charge on any atom is 0.389 e. The van der Waals surface area contributed by atoms with Crippen LogP contribution in [0.25, 0.3) is 0 Å². The minimum Gasteiger partial charge on any atom is -0.490 e. The summed E-state index contributed by atoms with van der Waals surface area (Å²) in [5.74, 6) is 0.664. The van der Waals surface area contributed by atoms with Gasteiger partial charge >= 0.3 is 6.18 Å². The van der Waals surface area contributed by atoms with E-state index in [0.29, 0.717) is 17.9 Å². The van der Waals surface area contributed by atoms with Crippen molar-refractivity contribution in [1.82, 2.24) is 0 Å². The summed E-state index contributed by atoms with van der Waals surface area (Å²) in [6.45, 7) is 0. The summed E-state index contributed by atoms with van der Waals surface area (Å²) in [6.07, 6.45) is -3.87. The number of hydrogen-bond donors (Lipinski definition) is 1. The highest BCUT2D eigenvalue weighted by atomic mass is 19.4. The Labute approximate surface area is 97.6 Å². The minimum absolute atomic E-state index is 0.0211. The zero-order valence-electron chi connectivity index (χ0n) is 9.26. The van der Waals surface area contributed by atoms with E-state index in [1.807, 2.05) is 6.07 Å². The summed E-state index contributed by atoms with van der Waals surface area (Å²) in [5, 5.41) is 0. The third-order valence-corrected chi connectivity index (χ3v) is 2.86. The molecule has 0 saturated carbocycles. The Bertz CT molecular complexity index is 403. The SMILES string of the molecule is Nc1ccc2c(c1)CC[C@H](CCC(F)(F)F)O2. The molecule has 0 aromatic heterocycles. The van der Waals surface area contributed by atoms with Gasteiger partial charge in [-0.25, -0.2) is 0 Å². The molecule has 94 valence electrons. The molecule has 0 amide bonds. The predicted molar refractivity (Wildman–Crippen MR) is 58.9 cm³/mol. The Balaban J connectivity index is 1.97. The summed E-state index contributed by atoms with van der Waals surface area (Å²) in [6, 6.07) is 5.24. The first-order valence-corrected chi connectivity index (χ1v) is 5.56. The van der Waals surface area contributed by atoms with E-state index in [-0.39, 0.29) is 12.5 Å². The quantitative estimate of drug-likeness (QED) is 0.811. The van der Waals surface area contributed by atoms with Crippen LogP contribution in [0, 0.1) is 0 Å². The zero-order valence-corrected chi connectivity index (χ0v) is 9.26. The molecule has 0 radical (unpaired) electrons. The molecule has 2 rings (SSSR count). The topological polar surface area (TPSA) is 35.2 Å². The van der Waals surface area contributed by atoms with Gasteiger partial charge in [0.25, 0.3) is 0 Å². The fraction of sp³-hybridized carbons (Fsp3) is 0.500. The van der Waals surface area contributed by atoms with Gasteiger partial charge in [-0.1, -0.05) is 0 Å². The number of halogens is 3. The van der Waals surface area contributed by atoms with Crippen LogP contribution in [0.3, 0.4) is 0 Å². The normalized spacial score (nSPS) is 19.6. The van der Waals surface area contributed by atoms with E-state index in [1.165, 1.54) is 0 Å². The fourth-order valence-electron chi connectivity index (χ4n) is 1.99. The van der Waals surface area contributed by atoms with Gasteiger partial charge in [0.2, 0.25) is 0 Å². The molecule has 0 unspecified atom stereocenters. The van der Waals surface area contributed by atoms with Crippen molar-refractivity contribution in [2.75, 3.05) is 5.73 Å². The molecular formula is C12H14F3NO. The molecule has 1 atom stereocenters. The van der Waals surface area contributed by atoms with Crippen molar-refractivity contribution in [3.05, 3.63) is 23.8 Å². The molecule has 1 aromatic carbocycles. The van der Waals surface area contributed by atoms with Gasteiger partial charge in [-0.3, -0.25) is 0 Å². The number of aryl methyl sites for hydroxylation is 1. The second-order valence-corrected chi connectivity index (χ2v) is 4.30. The average Bonchev–Trinajstić information content (AvgIpc) is 2.25. The minimum atomic E-state index is -4.11. The molecule has 0 bridgehead atoms. The van der Waals surface area contributed by atoms with Gasteiger partial charge in [-0.15, -0.1) is 0 Å². The molecule has 0 aliphatic carbocycles. The molecule has 0 spiro atoms. The largest absolute Gasteiger partial charge is 0.490 e. The number of rotatable bonds is 2. The van der Waals surface area contributed by atoms with Crippen LogP contribution in [-0.2, 0) is 6.42 Å². The van der Waals surface area contributed by atoms with Crippen molar-refractivity contribution in [2.45, 2.75) is 38.0 Å². The Morgan fingerprint density at radius 2 is 2.12 bits per heavy atom. The van der Waals surface area contributed by atoms with E-state index in [1.54, 1.807) is 12.1 Å². The molecule has 17 heavy (non-hydrogen) atoms. The summed E-state index contributed by atoms with van der Waals surface area (Å²) >= 11 is 0. The maximum absolute atomic E-state index is 12.1. The van der Waals surface area contributed by atoms with Gasteiger partial charge < -0.3 is 10.5 Å². The first kappa shape index (κ1) is 12.1. The summed E-state index contributed by atoms with van der Waals surface area (Å²) < 4.78 is 41.8. The Morgan fingerprint density at radius 3 is 2.82 bits per heavy atom. The average molecular weight is 245 g/mol. The standard InChI is InChI=1S/C12H14F3NO/c13-12(14,15)6-5-10-3-1-8-7-9(16)2-4-11(8)17-10/h2,4,7,10H,1,3,5-6,16H2/t10-/m1/s1. The van der Waals surface area contributed by atoms with Gasteiger partial charge in [-0.05, 0) is 43.0 Å². The van der Waals surface area contributed by atoms with E-state index < -0.39 is 12.6 Å². The van der Waals surface area contributed by atoms with E-state index in [9.17, 15) is 13.2 Å². The summed E-state index contributed by atoms with van der Waals surface area (Å²) in [4.78, 5) is 0. The van der Waals surface area contributed by atoms with Gasteiger partial charge in [0.1, 0.15) is 5.75 Å². The van der Waals surface area contributed by atoms with Gasteiger partial charge in [-0.2, -0.15) is 13.2 Å². The number of hydrogen-bond acceptors (Lipinski definition) is 2. The van der Waals surface area contributed by atoms with Crippen molar-refractivity contribution < 1.29 is 17.9 Å². The number of fused-ring (bicyclic) bond motifs is 1. The van der Waals surface area contributed by atoms with Crippen molar-refractivity contribution in [2.24, 2.45) is 0 Å². The Kier molecular flexibility index (Phi) is 3.17. The van der Waals surface area contributed by atoms with Crippen LogP contribution in [0.5, 0.6) is 5.75 Å². The van der Waals surface area contributed by atoms with E-state index in [0.717, 1.165) is 12.0 Å². The Morgan fingerprint density at radius 1 is 1.35 bits per heavy atom. The molecule has 0 fully saturated rings. The number of alkyl halides is 3. The Hall–Kier alpha value is -1.39. The number of anilines is 1. The fourth-order valence-corrected chi connectivity index (χ4v) is 1.99. The van der Waals surface area contributed by atoms with Crippen LogP contribution >= 0.6 is 0 Å². The third kappa shape index (κ3) is 3.28. The lowest BCUT2D eigenvalue weighted by atomic mass is 9.99. The molecule has 0 saturated heterocycles. The molecule has 1 aliphatic rings. The van der Waals surface area contributed by atoms with Crippen molar-refractivity contribution in [1.29, 1.82) is 0 Å². The molecule has 2 N–H and O–H groups in total. The van der Waals surface area contributed by atoms with E-state index >= 15 is 0 Å². The lowest BCUT2D eigenvalue weighted by Gasteiger charge is -2.26. The number of nitrogens with two attached hydrogens (primary N) is 1. The van der Waals surface area contributed by atoms with Crippen molar-refractivity contribution >= 4 is 5.69 Å². The van der Waals surface area contributed by atoms with Gasteiger partial charge in [0, 0.05) is 12.1 Å². The lowest BCUT2D eigenvalue weighted by molar-refractivity contribution is -0.139. The van der Waals surface area contributed by atoms with Crippen LogP contribution < -0.4 is 10.5 Å². The number of ether oxygens (including phenoxy) is 1. The highest BCUT2D eigenvalue weighted by Crippen LogP contribution is 2.32. The van der Waals surface area contributed by atoms with Gasteiger partial charge in [0.05, 0.1) is 6.10 Å². The molecule has 1 aliphatic heterocycles. The zero-order chi connectivity index (χ0) is 12.5. The first-order chi connectivity index (χ1) is 7.94. The maximum atomic E-state index is 12.1. The molecule has 1 heterocycles. The van der Waals surface area contributed by atoms with Crippen molar-refractivity contribution in [3.8, 4) is 5.75 Å². The molecular weight excluding hydrogens is 231 g/mol. The number of benzene rings is 1. The first-order valence-electron chi connectivity index (χ1n) is 5.56.